The minimum absolute atomic E-state index is 0.321. The Labute approximate surface area is 146 Å². The quantitative estimate of drug-likeness (QED) is 0.590. The van der Waals surface area contributed by atoms with E-state index in [4.69, 9.17) is 0 Å². The highest BCUT2D eigenvalue weighted by atomic mass is 32.1. The van der Waals surface area contributed by atoms with Crippen LogP contribution in [-0.2, 0) is 0 Å². The molecule has 0 saturated carbocycles. The molecule has 0 aliphatic carbocycles. The smallest absolute Gasteiger partial charge is 0.229 e. The van der Waals surface area contributed by atoms with Gasteiger partial charge in [0.05, 0.1) is 27.7 Å². The Morgan fingerprint density at radius 2 is 1.84 bits per heavy atom. The molecule has 0 spiro atoms. The molecule has 5 nitrogen and oxygen atoms in total. The average molecular weight is 347 g/mol. The number of fused-ring (bicyclic) bond motifs is 1. The van der Waals surface area contributed by atoms with E-state index in [1.807, 2.05) is 24.3 Å². The van der Waals surface area contributed by atoms with Crippen LogP contribution >= 0.6 is 11.3 Å². The summed E-state index contributed by atoms with van der Waals surface area (Å²) in [7, 11) is 0. The Morgan fingerprint density at radius 3 is 2.60 bits per heavy atom. The van der Waals surface area contributed by atoms with Gasteiger partial charge in [-0.1, -0.05) is 23.5 Å². The van der Waals surface area contributed by atoms with Gasteiger partial charge in [0.1, 0.15) is 11.9 Å². The first-order chi connectivity index (χ1) is 12.2. The van der Waals surface area contributed by atoms with E-state index < -0.39 is 0 Å². The molecule has 0 bridgehead atoms. The molecule has 0 atom stereocenters. The second-order valence-corrected chi connectivity index (χ2v) is 6.22. The number of nitrogens with one attached hydrogen (secondary N) is 1. The molecular formula is C18H10FN5S. The lowest BCUT2D eigenvalue weighted by Crippen LogP contribution is -2.00. The summed E-state index contributed by atoms with van der Waals surface area (Å²) in [5.41, 5.74) is 2.30. The van der Waals surface area contributed by atoms with Crippen LogP contribution in [0.2, 0.25) is 0 Å². The van der Waals surface area contributed by atoms with Gasteiger partial charge in [-0.05, 0) is 36.4 Å². The van der Waals surface area contributed by atoms with Crippen molar-refractivity contribution in [2.45, 2.75) is 0 Å². The molecule has 0 fully saturated rings. The summed E-state index contributed by atoms with van der Waals surface area (Å²) in [6, 6.07) is 15.7. The third-order valence-corrected chi connectivity index (χ3v) is 4.49. The van der Waals surface area contributed by atoms with E-state index in [9.17, 15) is 9.65 Å². The number of benzene rings is 2. The lowest BCUT2D eigenvalue weighted by Gasteiger charge is -2.06. The number of nitrogens with zero attached hydrogens (tertiary/aromatic N) is 4. The fraction of sp³-hybridized carbons (Fsp3) is 0. The number of rotatable bonds is 3. The Bertz CT molecular complexity index is 1070. The number of halogens is 1. The highest BCUT2D eigenvalue weighted by Crippen LogP contribution is 2.28. The number of nitriles is 1. The lowest BCUT2D eigenvalue weighted by molar-refractivity contribution is 0.628. The summed E-state index contributed by atoms with van der Waals surface area (Å²) in [6.07, 6.45) is 1.45. The van der Waals surface area contributed by atoms with Crippen LogP contribution in [0.1, 0.15) is 5.56 Å². The van der Waals surface area contributed by atoms with Crippen LogP contribution in [0.15, 0.2) is 54.7 Å². The van der Waals surface area contributed by atoms with Gasteiger partial charge in [-0.15, -0.1) is 0 Å². The van der Waals surface area contributed by atoms with E-state index in [0.717, 1.165) is 10.2 Å². The Balaban J connectivity index is 1.72. The largest absolute Gasteiger partial charge is 0.300 e. The molecule has 120 valence electrons. The molecular weight excluding hydrogens is 337 g/mol. The van der Waals surface area contributed by atoms with E-state index in [0.29, 0.717) is 27.9 Å². The third kappa shape index (κ3) is 3.03. The molecule has 25 heavy (non-hydrogen) atoms. The van der Waals surface area contributed by atoms with Crippen LogP contribution in [0.3, 0.4) is 0 Å². The standard InChI is InChI=1S/C18H10FN5S/c19-13-7-5-11(6-8-13)16-12(9-20)10-21-17(23-16)24-18-22-14-3-1-2-4-15(14)25-18/h1-8,10H,(H,21,22,23,24). The van der Waals surface area contributed by atoms with Crippen molar-refractivity contribution in [3.8, 4) is 17.3 Å². The highest BCUT2D eigenvalue weighted by Gasteiger charge is 2.11. The van der Waals surface area contributed by atoms with Crippen molar-refractivity contribution in [1.29, 1.82) is 5.26 Å². The number of para-hydroxylation sites is 1. The van der Waals surface area contributed by atoms with E-state index in [1.54, 1.807) is 12.1 Å². The zero-order chi connectivity index (χ0) is 17.2. The van der Waals surface area contributed by atoms with Crippen LogP contribution in [0, 0.1) is 17.1 Å². The summed E-state index contributed by atoms with van der Waals surface area (Å²) in [5, 5.41) is 13.0. The topological polar surface area (TPSA) is 74.5 Å². The summed E-state index contributed by atoms with van der Waals surface area (Å²) in [6.45, 7) is 0. The van der Waals surface area contributed by atoms with E-state index in [1.165, 1.54) is 29.7 Å². The van der Waals surface area contributed by atoms with Crippen molar-refractivity contribution in [3.05, 3.63) is 66.1 Å². The first-order valence-electron chi connectivity index (χ1n) is 7.38. The maximum atomic E-state index is 13.1. The van der Waals surface area contributed by atoms with Crippen molar-refractivity contribution in [3.63, 3.8) is 0 Å². The summed E-state index contributed by atoms with van der Waals surface area (Å²) in [4.78, 5) is 13.1. The molecule has 2 aromatic carbocycles. The lowest BCUT2D eigenvalue weighted by atomic mass is 10.1. The van der Waals surface area contributed by atoms with E-state index in [2.05, 4.69) is 26.3 Å². The predicted molar refractivity (Wildman–Crippen MR) is 95.0 cm³/mol. The second-order valence-electron chi connectivity index (χ2n) is 5.19. The number of anilines is 2. The van der Waals surface area contributed by atoms with Crippen LogP contribution in [0.25, 0.3) is 21.5 Å². The zero-order valence-corrected chi connectivity index (χ0v) is 13.6. The van der Waals surface area contributed by atoms with Crippen molar-refractivity contribution < 1.29 is 4.39 Å². The van der Waals surface area contributed by atoms with Gasteiger partial charge >= 0.3 is 0 Å². The minimum atomic E-state index is -0.343. The monoisotopic (exact) mass is 347 g/mol. The molecule has 4 aromatic rings. The molecule has 0 amide bonds. The first kappa shape index (κ1) is 15.2. The molecule has 2 heterocycles. The number of aromatic nitrogens is 3. The van der Waals surface area contributed by atoms with Crippen molar-refractivity contribution in [2.24, 2.45) is 0 Å². The molecule has 7 heteroatoms. The van der Waals surface area contributed by atoms with Crippen LogP contribution in [0.5, 0.6) is 0 Å². The molecule has 0 unspecified atom stereocenters. The highest BCUT2D eigenvalue weighted by molar-refractivity contribution is 7.22. The van der Waals surface area contributed by atoms with Crippen molar-refractivity contribution in [2.75, 3.05) is 5.32 Å². The van der Waals surface area contributed by atoms with E-state index in [-0.39, 0.29) is 5.82 Å². The number of thiazole rings is 1. The van der Waals surface area contributed by atoms with Gasteiger partial charge in [0.15, 0.2) is 5.13 Å². The summed E-state index contributed by atoms with van der Waals surface area (Å²) < 4.78 is 14.2. The summed E-state index contributed by atoms with van der Waals surface area (Å²) in [5.74, 6) is -0.0125. The van der Waals surface area contributed by atoms with Gasteiger partial charge in [-0.3, -0.25) is 5.32 Å². The molecule has 1 N–H and O–H groups in total. The zero-order valence-electron chi connectivity index (χ0n) is 12.8. The van der Waals surface area contributed by atoms with Crippen LogP contribution in [0.4, 0.5) is 15.5 Å². The molecule has 0 saturated heterocycles. The minimum Gasteiger partial charge on any atom is -0.300 e. The predicted octanol–water partition coefficient (Wildman–Crippen LogP) is 4.51. The number of hydrogen-bond donors (Lipinski definition) is 1. The van der Waals surface area contributed by atoms with Gasteiger partial charge in [0.2, 0.25) is 5.95 Å². The SMILES string of the molecule is N#Cc1cnc(Nc2nc3ccccc3s2)nc1-c1ccc(F)cc1. The van der Waals surface area contributed by atoms with E-state index >= 15 is 0 Å². The fourth-order valence-corrected chi connectivity index (χ4v) is 3.23. The summed E-state index contributed by atoms with van der Waals surface area (Å²) >= 11 is 1.49. The average Bonchev–Trinajstić information content (AvgIpc) is 3.04. The van der Waals surface area contributed by atoms with Crippen molar-refractivity contribution in [1.82, 2.24) is 15.0 Å². The molecule has 4 rings (SSSR count). The Hall–Kier alpha value is -3.37. The first-order valence-corrected chi connectivity index (χ1v) is 8.20. The Morgan fingerprint density at radius 1 is 1.04 bits per heavy atom. The normalized spacial score (nSPS) is 10.6. The van der Waals surface area contributed by atoms with Gasteiger partial charge in [-0.25, -0.2) is 19.3 Å². The van der Waals surface area contributed by atoms with Crippen LogP contribution < -0.4 is 5.32 Å². The van der Waals surface area contributed by atoms with Gasteiger partial charge in [-0.2, -0.15) is 5.26 Å². The fourth-order valence-electron chi connectivity index (χ4n) is 2.37. The van der Waals surface area contributed by atoms with Crippen molar-refractivity contribution >= 4 is 32.6 Å². The third-order valence-electron chi connectivity index (χ3n) is 3.54. The molecule has 0 radical (unpaired) electrons. The van der Waals surface area contributed by atoms with Gasteiger partial charge in [0, 0.05) is 5.56 Å². The number of hydrogen-bond acceptors (Lipinski definition) is 6. The second kappa shape index (κ2) is 6.26. The maximum Gasteiger partial charge on any atom is 0.229 e. The molecule has 0 aliphatic heterocycles. The molecule has 2 aromatic heterocycles. The van der Waals surface area contributed by atoms with Gasteiger partial charge in [0.25, 0.3) is 0 Å². The van der Waals surface area contributed by atoms with Gasteiger partial charge < -0.3 is 0 Å². The van der Waals surface area contributed by atoms with Crippen LogP contribution in [-0.4, -0.2) is 15.0 Å². The maximum absolute atomic E-state index is 13.1. The Kier molecular flexibility index (Phi) is 3.80. The molecule has 0 aliphatic rings.